The predicted molar refractivity (Wildman–Crippen MR) is 93.6 cm³/mol. The van der Waals surface area contributed by atoms with E-state index in [2.05, 4.69) is 0 Å². The van der Waals surface area contributed by atoms with Gasteiger partial charge in [0.05, 0.1) is 18.7 Å². The molecule has 0 saturated carbocycles. The molecule has 1 fully saturated rings. The standard InChI is InChI=1S/C20H20F3NO3/c1-27-14-10-8-13(9-11-14)18(24-12-4-7-17(24)19(25)26)15-5-2-3-6-16(15)20(21,22)23/h2-3,5-6,8-11,17-18H,4,7,12H2,1H3,(H,25,26). The minimum absolute atomic E-state index is 0.0586. The molecule has 4 nitrogen and oxygen atoms in total. The highest BCUT2D eigenvalue weighted by molar-refractivity contribution is 5.74. The molecule has 1 saturated heterocycles. The minimum atomic E-state index is -4.53. The number of ether oxygens (including phenoxy) is 1. The van der Waals surface area contributed by atoms with Gasteiger partial charge in [0.15, 0.2) is 0 Å². The second-order valence-corrected chi connectivity index (χ2v) is 6.49. The van der Waals surface area contributed by atoms with Crippen molar-refractivity contribution in [1.29, 1.82) is 0 Å². The molecular weight excluding hydrogens is 359 g/mol. The topological polar surface area (TPSA) is 49.8 Å². The zero-order chi connectivity index (χ0) is 19.6. The number of carbonyl (C=O) groups is 1. The predicted octanol–water partition coefficient (Wildman–Crippen LogP) is 4.35. The van der Waals surface area contributed by atoms with E-state index >= 15 is 0 Å². The molecule has 1 N–H and O–H groups in total. The Labute approximate surface area is 155 Å². The van der Waals surface area contributed by atoms with Crippen molar-refractivity contribution in [2.75, 3.05) is 13.7 Å². The molecular formula is C20H20F3NO3. The van der Waals surface area contributed by atoms with Crippen molar-refractivity contribution in [3.63, 3.8) is 0 Å². The summed E-state index contributed by atoms with van der Waals surface area (Å²) in [5.74, 6) is -0.437. The Kier molecular flexibility index (Phi) is 5.41. The van der Waals surface area contributed by atoms with Crippen LogP contribution in [0.4, 0.5) is 13.2 Å². The summed E-state index contributed by atoms with van der Waals surface area (Å²) in [5.41, 5.74) is -0.0918. The molecule has 2 unspecified atom stereocenters. The number of hydrogen-bond acceptors (Lipinski definition) is 3. The fourth-order valence-electron chi connectivity index (χ4n) is 3.69. The molecule has 0 aromatic heterocycles. The molecule has 0 radical (unpaired) electrons. The number of halogens is 3. The largest absolute Gasteiger partial charge is 0.497 e. The van der Waals surface area contributed by atoms with Gasteiger partial charge in [0.25, 0.3) is 0 Å². The van der Waals surface area contributed by atoms with Crippen LogP contribution in [0, 0.1) is 0 Å². The first-order valence-corrected chi connectivity index (χ1v) is 8.61. The van der Waals surface area contributed by atoms with E-state index in [0.717, 1.165) is 6.07 Å². The molecule has 3 rings (SSSR count). The van der Waals surface area contributed by atoms with Gasteiger partial charge in [0.2, 0.25) is 0 Å². The lowest BCUT2D eigenvalue weighted by molar-refractivity contribution is -0.143. The van der Waals surface area contributed by atoms with Crippen LogP contribution >= 0.6 is 0 Å². The Bertz CT molecular complexity index is 805. The van der Waals surface area contributed by atoms with E-state index < -0.39 is 29.8 Å². The van der Waals surface area contributed by atoms with Crippen molar-refractivity contribution in [2.24, 2.45) is 0 Å². The number of rotatable bonds is 5. The van der Waals surface area contributed by atoms with Gasteiger partial charge in [-0.05, 0) is 42.2 Å². The highest BCUT2D eigenvalue weighted by atomic mass is 19.4. The lowest BCUT2D eigenvalue weighted by atomic mass is 9.92. The number of methoxy groups -OCH3 is 1. The molecule has 1 aliphatic heterocycles. The van der Waals surface area contributed by atoms with Gasteiger partial charge in [-0.2, -0.15) is 13.2 Å². The lowest BCUT2D eigenvalue weighted by Crippen LogP contribution is -2.39. The van der Waals surface area contributed by atoms with Gasteiger partial charge in [-0.1, -0.05) is 30.3 Å². The van der Waals surface area contributed by atoms with Crippen molar-refractivity contribution in [2.45, 2.75) is 31.1 Å². The van der Waals surface area contributed by atoms with Crippen LogP contribution in [0.15, 0.2) is 48.5 Å². The average Bonchev–Trinajstić information content (AvgIpc) is 3.12. The fraction of sp³-hybridized carbons (Fsp3) is 0.350. The molecule has 144 valence electrons. The number of carboxylic acids is 1. The molecule has 2 aromatic carbocycles. The first-order chi connectivity index (χ1) is 12.8. The second kappa shape index (κ2) is 7.60. The summed E-state index contributed by atoms with van der Waals surface area (Å²) < 4.78 is 46.0. The van der Waals surface area contributed by atoms with Crippen molar-refractivity contribution >= 4 is 5.97 Å². The Balaban J connectivity index is 2.15. The molecule has 1 heterocycles. The molecule has 1 aliphatic rings. The fourth-order valence-corrected chi connectivity index (χ4v) is 3.69. The van der Waals surface area contributed by atoms with Crippen LogP contribution in [0.5, 0.6) is 5.75 Å². The van der Waals surface area contributed by atoms with Crippen LogP contribution in [0.1, 0.15) is 35.6 Å². The van der Waals surface area contributed by atoms with Gasteiger partial charge in [-0.15, -0.1) is 0 Å². The van der Waals surface area contributed by atoms with E-state index in [1.807, 2.05) is 0 Å². The number of carboxylic acid groups (broad SMARTS) is 1. The number of hydrogen-bond donors (Lipinski definition) is 1. The summed E-state index contributed by atoms with van der Waals surface area (Å²) >= 11 is 0. The first kappa shape index (κ1) is 19.2. The average molecular weight is 379 g/mol. The molecule has 2 atom stereocenters. The summed E-state index contributed by atoms with van der Waals surface area (Å²) in [7, 11) is 1.51. The summed E-state index contributed by atoms with van der Waals surface area (Å²) in [6, 6.07) is 10.4. The van der Waals surface area contributed by atoms with Gasteiger partial charge in [0.1, 0.15) is 11.8 Å². The Morgan fingerprint density at radius 2 is 1.85 bits per heavy atom. The molecule has 2 aromatic rings. The number of benzene rings is 2. The Morgan fingerprint density at radius 3 is 2.44 bits per heavy atom. The Hall–Kier alpha value is -2.54. The quantitative estimate of drug-likeness (QED) is 0.839. The van der Waals surface area contributed by atoms with Crippen molar-refractivity contribution < 1.29 is 27.8 Å². The highest BCUT2D eigenvalue weighted by Crippen LogP contribution is 2.41. The minimum Gasteiger partial charge on any atom is -0.497 e. The Morgan fingerprint density at radius 1 is 1.19 bits per heavy atom. The zero-order valence-electron chi connectivity index (χ0n) is 14.7. The zero-order valence-corrected chi connectivity index (χ0v) is 14.7. The normalized spacial score (nSPS) is 19.0. The third-order valence-corrected chi connectivity index (χ3v) is 4.90. The van der Waals surface area contributed by atoms with Crippen LogP contribution in [0.3, 0.4) is 0 Å². The molecule has 0 amide bonds. The maximum atomic E-state index is 13.6. The number of nitrogens with zero attached hydrogens (tertiary/aromatic N) is 1. The van der Waals surface area contributed by atoms with Gasteiger partial charge < -0.3 is 9.84 Å². The van der Waals surface area contributed by atoms with E-state index in [0.29, 0.717) is 30.7 Å². The summed E-state index contributed by atoms with van der Waals surface area (Å²) in [6.45, 7) is 0.417. The molecule has 0 bridgehead atoms. The monoisotopic (exact) mass is 379 g/mol. The second-order valence-electron chi connectivity index (χ2n) is 6.49. The van der Waals surface area contributed by atoms with Crippen LogP contribution in [-0.4, -0.2) is 35.7 Å². The molecule has 7 heteroatoms. The van der Waals surface area contributed by atoms with Crippen LogP contribution in [0.2, 0.25) is 0 Å². The van der Waals surface area contributed by atoms with Crippen molar-refractivity contribution in [3.05, 3.63) is 65.2 Å². The van der Waals surface area contributed by atoms with Crippen LogP contribution < -0.4 is 4.74 Å². The third kappa shape index (κ3) is 3.93. The van der Waals surface area contributed by atoms with E-state index in [4.69, 9.17) is 4.74 Å². The van der Waals surface area contributed by atoms with E-state index in [9.17, 15) is 23.1 Å². The van der Waals surface area contributed by atoms with Gasteiger partial charge in [-0.3, -0.25) is 9.69 Å². The molecule has 27 heavy (non-hydrogen) atoms. The summed E-state index contributed by atoms with van der Waals surface area (Å²) in [6.07, 6.45) is -3.49. The number of aliphatic carboxylic acids is 1. The third-order valence-electron chi connectivity index (χ3n) is 4.90. The maximum absolute atomic E-state index is 13.6. The maximum Gasteiger partial charge on any atom is 0.416 e. The van der Waals surface area contributed by atoms with Gasteiger partial charge >= 0.3 is 12.1 Å². The van der Waals surface area contributed by atoms with E-state index in [1.165, 1.54) is 19.2 Å². The van der Waals surface area contributed by atoms with Gasteiger partial charge in [0, 0.05) is 6.54 Å². The van der Waals surface area contributed by atoms with E-state index in [1.54, 1.807) is 35.2 Å². The van der Waals surface area contributed by atoms with Crippen molar-refractivity contribution in [3.8, 4) is 5.75 Å². The number of alkyl halides is 3. The van der Waals surface area contributed by atoms with Gasteiger partial charge in [-0.25, -0.2) is 0 Å². The lowest BCUT2D eigenvalue weighted by Gasteiger charge is -2.33. The smallest absolute Gasteiger partial charge is 0.416 e. The SMILES string of the molecule is COc1ccc(C(c2ccccc2C(F)(F)F)N2CCCC2C(=O)O)cc1. The number of likely N-dealkylation sites (tertiary alicyclic amines) is 1. The molecule has 0 aliphatic carbocycles. The highest BCUT2D eigenvalue weighted by Gasteiger charge is 2.41. The van der Waals surface area contributed by atoms with Crippen LogP contribution in [0.25, 0.3) is 0 Å². The molecule has 0 spiro atoms. The summed E-state index contributed by atoms with van der Waals surface area (Å²) in [5, 5.41) is 9.55. The van der Waals surface area contributed by atoms with Crippen LogP contribution in [-0.2, 0) is 11.0 Å². The first-order valence-electron chi connectivity index (χ1n) is 8.61. The van der Waals surface area contributed by atoms with Crippen molar-refractivity contribution in [1.82, 2.24) is 4.90 Å². The van der Waals surface area contributed by atoms with E-state index in [-0.39, 0.29) is 5.56 Å². The summed E-state index contributed by atoms with van der Waals surface area (Å²) in [4.78, 5) is 13.3.